The van der Waals surface area contributed by atoms with E-state index in [0.29, 0.717) is 5.56 Å². The summed E-state index contributed by atoms with van der Waals surface area (Å²) in [5.41, 5.74) is 1.03. The number of aliphatic hydroxyl groups is 1. The number of ether oxygens (including phenoxy) is 1. The van der Waals surface area contributed by atoms with Crippen molar-refractivity contribution in [3.63, 3.8) is 0 Å². The van der Waals surface area contributed by atoms with Gasteiger partial charge in [0.25, 0.3) is 0 Å². The SMILES string of the molecule is CCOC(=O)C(C)(O)c1ccc(-c2ccc(SC)cc2)cc1. The van der Waals surface area contributed by atoms with E-state index < -0.39 is 11.6 Å². The molecule has 2 aromatic carbocycles. The Bertz CT molecular complexity index is 630. The maximum Gasteiger partial charge on any atom is 0.342 e. The first kappa shape index (κ1) is 16.6. The lowest BCUT2D eigenvalue weighted by molar-refractivity contribution is -0.164. The summed E-state index contributed by atoms with van der Waals surface area (Å²) < 4.78 is 4.91. The van der Waals surface area contributed by atoms with Gasteiger partial charge in [-0.25, -0.2) is 4.79 Å². The van der Waals surface area contributed by atoms with Gasteiger partial charge < -0.3 is 9.84 Å². The number of benzene rings is 2. The van der Waals surface area contributed by atoms with Crippen molar-refractivity contribution in [1.29, 1.82) is 0 Å². The van der Waals surface area contributed by atoms with Crippen LogP contribution in [0.15, 0.2) is 53.4 Å². The van der Waals surface area contributed by atoms with Gasteiger partial charge in [0.15, 0.2) is 5.60 Å². The van der Waals surface area contributed by atoms with E-state index in [0.717, 1.165) is 11.1 Å². The Morgan fingerprint density at radius 3 is 2.05 bits per heavy atom. The molecule has 1 unspecified atom stereocenters. The van der Waals surface area contributed by atoms with Gasteiger partial charge in [0.1, 0.15) is 0 Å². The molecule has 3 nitrogen and oxygen atoms in total. The topological polar surface area (TPSA) is 46.5 Å². The van der Waals surface area contributed by atoms with Crippen molar-refractivity contribution >= 4 is 17.7 Å². The summed E-state index contributed by atoms with van der Waals surface area (Å²) in [6, 6.07) is 15.6. The lowest BCUT2D eigenvalue weighted by atomic mass is 9.94. The monoisotopic (exact) mass is 316 g/mol. The van der Waals surface area contributed by atoms with Crippen molar-refractivity contribution in [2.45, 2.75) is 24.3 Å². The molecule has 0 spiro atoms. The molecule has 0 saturated carbocycles. The summed E-state index contributed by atoms with van der Waals surface area (Å²) in [6.45, 7) is 3.41. The van der Waals surface area contributed by atoms with Crippen molar-refractivity contribution in [2.24, 2.45) is 0 Å². The molecule has 1 atom stereocenters. The predicted molar refractivity (Wildman–Crippen MR) is 89.9 cm³/mol. The van der Waals surface area contributed by atoms with Gasteiger partial charge in [0, 0.05) is 4.90 Å². The minimum Gasteiger partial charge on any atom is -0.464 e. The average molecular weight is 316 g/mol. The summed E-state index contributed by atoms with van der Waals surface area (Å²) in [5.74, 6) is -0.632. The van der Waals surface area contributed by atoms with Crippen LogP contribution in [0.5, 0.6) is 0 Å². The molecule has 0 heterocycles. The second-order valence-corrected chi connectivity index (χ2v) is 5.98. The highest BCUT2D eigenvalue weighted by atomic mass is 32.2. The number of thioether (sulfide) groups is 1. The molecule has 0 radical (unpaired) electrons. The van der Waals surface area contributed by atoms with Crippen LogP contribution in [-0.4, -0.2) is 23.9 Å². The summed E-state index contributed by atoms with van der Waals surface area (Å²) in [5, 5.41) is 10.3. The van der Waals surface area contributed by atoms with E-state index in [2.05, 4.69) is 24.3 Å². The minimum absolute atomic E-state index is 0.245. The zero-order valence-corrected chi connectivity index (χ0v) is 13.8. The van der Waals surface area contributed by atoms with Crippen molar-refractivity contribution in [3.05, 3.63) is 54.1 Å². The second-order valence-electron chi connectivity index (χ2n) is 5.10. The molecule has 0 saturated heterocycles. The smallest absolute Gasteiger partial charge is 0.342 e. The van der Waals surface area contributed by atoms with Gasteiger partial charge >= 0.3 is 5.97 Å². The van der Waals surface area contributed by atoms with E-state index in [-0.39, 0.29) is 6.61 Å². The lowest BCUT2D eigenvalue weighted by Gasteiger charge is -2.21. The fourth-order valence-electron chi connectivity index (χ4n) is 2.16. The Labute approximate surface area is 135 Å². The molecule has 0 bridgehead atoms. The summed E-state index contributed by atoms with van der Waals surface area (Å²) in [6.07, 6.45) is 2.04. The minimum atomic E-state index is -1.63. The van der Waals surface area contributed by atoms with Gasteiger partial charge in [-0.3, -0.25) is 0 Å². The molecule has 22 heavy (non-hydrogen) atoms. The van der Waals surface area contributed by atoms with Crippen LogP contribution in [0.1, 0.15) is 19.4 Å². The van der Waals surface area contributed by atoms with Gasteiger partial charge in [-0.2, -0.15) is 0 Å². The molecular weight excluding hydrogens is 296 g/mol. The van der Waals surface area contributed by atoms with Gasteiger partial charge in [-0.1, -0.05) is 36.4 Å². The van der Waals surface area contributed by atoms with Crippen LogP contribution in [0.3, 0.4) is 0 Å². The third-order valence-electron chi connectivity index (χ3n) is 3.54. The number of hydrogen-bond acceptors (Lipinski definition) is 4. The fraction of sp³-hybridized carbons (Fsp3) is 0.278. The molecule has 0 aromatic heterocycles. The number of hydrogen-bond donors (Lipinski definition) is 1. The predicted octanol–water partition coefficient (Wildman–Crippen LogP) is 3.85. The van der Waals surface area contributed by atoms with E-state index in [4.69, 9.17) is 4.74 Å². The van der Waals surface area contributed by atoms with E-state index in [1.54, 1.807) is 30.8 Å². The molecular formula is C18H20O3S. The lowest BCUT2D eigenvalue weighted by Crippen LogP contribution is -2.34. The maximum absolute atomic E-state index is 11.8. The molecule has 0 fully saturated rings. The van der Waals surface area contributed by atoms with Crippen LogP contribution >= 0.6 is 11.8 Å². The Morgan fingerprint density at radius 1 is 1.09 bits per heavy atom. The van der Waals surface area contributed by atoms with Gasteiger partial charge in [-0.05, 0) is 48.9 Å². The normalized spacial score (nSPS) is 13.5. The van der Waals surface area contributed by atoms with Gasteiger partial charge in [0.2, 0.25) is 0 Å². The highest BCUT2D eigenvalue weighted by molar-refractivity contribution is 7.98. The van der Waals surface area contributed by atoms with Gasteiger partial charge in [0.05, 0.1) is 6.61 Å². The fourth-order valence-corrected chi connectivity index (χ4v) is 2.57. The van der Waals surface area contributed by atoms with Crippen LogP contribution in [-0.2, 0) is 15.1 Å². The van der Waals surface area contributed by atoms with E-state index in [1.165, 1.54) is 11.8 Å². The molecule has 1 N–H and O–H groups in total. The standard InChI is InChI=1S/C18H20O3S/c1-4-21-17(19)18(2,20)15-9-5-13(6-10-15)14-7-11-16(22-3)12-8-14/h5-12,20H,4H2,1-3H3. The zero-order chi connectivity index (χ0) is 16.2. The first-order valence-corrected chi connectivity index (χ1v) is 8.36. The number of carbonyl (C=O) groups is 1. The maximum atomic E-state index is 11.8. The van der Waals surface area contributed by atoms with Crippen molar-refractivity contribution in [3.8, 4) is 11.1 Å². The van der Waals surface area contributed by atoms with E-state index >= 15 is 0 Å². The highest BCUT2D eigenvalue weighted by Gasteiger charge is 2.33. The molecule has 2 aromatic rings. The van der Waals surface area contributed by atoms with Crippen LogP contribution < -0.4 is 0 Å². The Hall–Kier alpha value is -1.78. The quantitative estimate of drug-likeness (QED) is 0.672. The first-order chi connectivity index (χ1) is 10.5. The van der Waals surface area contributed by atoms with Crippen LogP contribution in [0.4, 0.5) is 0 Å². The van der Waals surface area contributed by atoms with Crippen molar-refractivity contribution in [2.75, 3.05) is 12.9 Å². The second kappa shape index (κ2) is 6.99. The summed E-state index contributed by atoms with van der Waals surface area (Å²) >= 11 is 1.70. The molecule has 116 valence electrons. The summed E-state index contributed by atoms with van der Waals surface area (Å²) in [4.78, 5) is 13.0. The number of carbonyl (C=O) groups excluding carboxylic acids is 1. The Kier molecular flexibility index (Phi) is 5.27. The number of esters is 1. The zero-order valence-electron chi connectivity index (χ0n) is 13.0. The van der Waals surface area contributed by atoms with Crippen LogP contribution in [0.25, 0.3) is 11.1 Å². The molecule has 4 heteroatoms. The molecule has 0 aliphatic heterocycles. The first-order valence-electron chi connectivity index (χ1n) is 7.13. The average Bonchev–Trinajstić information content (AvgIpc) is 2.55. The largest absolute Gasteiger partial charge is 0.464 e. The molecule has 0 aliphatic carbocycles. The number of rotatable bonds is 5. The van der Waals surface area contributed by atoms with E-state index in [1.807, 2.05) is 18.4 Å². The third-order valence-corrected chi connectivity index (χ3v) is 4.29. The molecule has 0 amide bonds. The van der Waals surface area contributed by atoms with Crippen LogP contribution in [0, 0.1) is 0 Å². The summed E-state index contributed by atoms with van der Waals surface area (Å²) in [7, 11) is 0. The molecule has 2 rings (SSSR count). The van der Waals surface area contributed by atoms with Crippen molar-refractivity contribution in [1.82, 2.24) is 0 Å². The van der Waals surface area contributed by atoms with Crippen molar-refractivity contribution < 1.29 is 14.6 Å². The van der Waals surface area contributed by atoms with E-state index in [9.17, 15) is 9.90 Å². The third kappa shape index (κ3) is 3.51. The highest BCUT2D eigenvalue weighted by Crippen LogP contribution is 2.27. The Balaban J connectivity index is 2.24. The van der Waals surface area contributed by atoms with Gasteiger partial charge in [-0.15, -0.1) is 11.8 Å². The Morgan fingerprint density at radius 2 is 1.59 bits per heavy atom. The molecule has 0 aliphatic rings. The van der Waals surface area contributed by atoms with Crippen LogP contribution in [0.2, 0.25) is 0 Å².